The first-order chi connectivity index (χ1) is 10.3. The average Bonchev–Trinajstić information content (AvgIpc) is 2.91. The Bertz CT molecular complexity index is 575. The van der Waals surface area contributed by atoms with Gasteiger partial charge in [-0.3, -0.25) is 4.79 Å². The van der Waals surface area contributed by atoms with Crippen LogP contribution in [0.1, 0.15) is 43.0 Å². The molecule has 2 rings (SSSR count). The molecule has 1 aromatic rings. The molecule has 5 heteroatoms. The van der Waals surface area contributed by atoms with Gasteiger partial charge >= 0.3 is 0 Å². The Morgan fingerprint density at radius 3 is 3.00 bits per heavy atom. The fourth-order valence-corrected chi connectivity index (χ4v) is 2.51. The Morgan fingerprint density at radius 1 is 1.55 bits per heavy atom. The summed E-state index contributed by atoms with van der Waals surface area (Å²) in [5, 5.41) is 12.5. The van der Waals surface area contributed by atoms with Crippen LogP contribution in [-0.4, -0.2) is 48.2 Å². The molecule has 0 aromatic carbocycles. The second kappa shape index (κ2) is 6.99. The van der Waals surface area contributed by atoms with Gasteiger partial charge < -0.3 is 19.7 Å². The fraction of sp³-hybridized carbons (Fsp3) is 0.588. The highest BCUT2D eigenvalue weighted by Gasteiger charge is 2.19. The number of carbonyl (C=O) groups is 1. The summed E-state index contributed by atoms with van der Waals surface area (Å²) < 4.78 is 5.39. The number of hydrogen-bond acceptors (Lipinski definition) is 4. The molecule has 1 aliphatic rings. The highest BCUT2D eigenvalue weighted by molar-refractivity contribution is 5.91. The Kier molecular flexibility index (Phi) is 5.28. The van der Waals surface area contributed by atoms with Crippen molar-refractivity contribution in [1.29, 1.82) is 0 Å². The van der Waals surface area contributed by atoms with E-state index in [9.17, 15) is 9.90 Å². The number of carbonyl (C=O) groups excluding carboxylic acids is 1. The van der Waals surface area contributed by atoms with Crippen molar-refractivity contribution in [3.05, 3.63) is 23.7 Å². The molecule has 0 bridgehead atoms. The van der Waals surface area contributed by atoms with Gasteiger partial charge in [0.25, 0.3) is 5.91 Å². The fourth-order valence-electron chi connectivity index (χ4n) is 2.51. The smallest absolute Gasteiger partial charge is 0.287 e. The molecule has 0 radical (unpaired) electrons. The normalized spacial score (nSPS) is 19.4. The second-order valence-electron chi connectivity index (χ2n) is 6.45. The summed E-state index contributed by atoms with van der Waals surface area (Å²) in [4.78, 5) is 14.4. The van der Waals surface area contributed by atoms with Crippen molar-refractivity contribution in [3.8, 4) is 11.8 Å². The monoisotopic (exact) mass is 304 g/mol. The zero-order valence-corrected chi connectivity index (χ0v) is 13.5. The van der Waals surface area contributed by atoms with Crippen molar-refractivity contribution in [1.82, 2.24) is 10.2 Å². The molecule has 22 heavy (non-hydrogen) atoms. The minimum absolute atomic E-state index is 0.218. The van der Waals surface area contributed by atoms with Gasteiger partial charge in [-0.1, -0.05) is 5.92 Å². The van der Waals surface area contributed by atoms with Crippen LogP contribution in [0.3, 0.4) is 0 Å². The maximum Gasteiger partial charge on any atom is 0.287 e. The SMILES string of the molecule is CN1CCC[C@H](CNC(=O)c2ccc(C#CC(C)(C)O)o2)C1. The van der Waals surface area contributed by atoms with E-state index in [0.717, 1.165) is 19.5 Å². The molecule has 5 nitrogen and oxygen atoms in total. The van der Waals surface area contributed by atoms with E-state index in [1.54, 1.807) is 26.0 Å². The van der Waals surface area contributed by atoms with Gasteiger partial charge in [0.05, 0.1) is 0 Å². The predicted octanol–water partition coefficient (Wildman–Crippen LogP) is 1.47. The lowest BCUT2D eigenvalue weighted by Gasteiger charge is -2.29. The van der Waals surface area contributed by atoms with E-state index in [1.165, 1.54) is 6.42 Å². The number of likely N-dealkylation sites (tertiary alicyclic amines) is 1. The molecule has 1 aromatic heterocycles. The standard InChI is InChI=1S/C17H24N2O3/c1-17(2,21)9-8-14-6-7-15(22-14)16(20)18-11-13-5-4-10-19(3)12-13/h6-7,13,21H,4-5,10-12H2,1-3H3,(H,18,20)/t13-/m1/s1. The van der Waals surface area contributed by atoms with Crippen molar-refractivity contribution < 1.29 is 14.3 Å². The summed E-state index contributed by atoms with van der Waals surface area (Å²) in [5.74, 6) is 6.28. The topological polar surface area (TPSA) is 65.7 Å². The van der Waals surface area contributed by atoms with Crippen molar-refractivity contribution in [2.75, 3.05) is 26.7 Å². The summed E-state index contributed by atoms with van der Waals surface area (Å²) in [5.41, 5.74) is -1.08. The first kappa shape index (κ1) is 16.6. The summed E-state index contributed by atoms with van der Waals surface area (Å²) in [6, 6.07) is 3.25. The van der Waals surface area contributed by atoms with Gasteiger partial charge in [-0.25, -0.2) is 0 Å². The Balaban J connectivity index is 1.87. The van der Waals surface area contributed by atoms with E-state index in [0.29, 0.717) is 18.2 Å². The number of hydrogen-bond donors (Lipinski definition) is 2. The predicted molar refractivity (Wildman–Crippen MR) is 84.4 cm³/mol. The molecule has 0 saturated carbocycles. The van der Waals surface area contributed by atoms with E-state index >= 15 is 0 Å². The Labute approximate surface area is 131 Å². The van der Waals surface area contributed by atoms with Crippen LogP contribution in [0.25, 0.3) is 0 Å². The highest BCUT2D eigenvalue weighted by atomic mass is 16.3. The number of furan rings is 1. The molecule has 0 unspecified atom stereocenters. The van der Waals surface area contributed by atoms with Crippen LogP contribution in [-0.2, 0) is 0 Å². The van der Waals surface area contributed by atoms with Gasteiger partial charge in [-0.2, -0.15) is 0 Å². The largest absolute Gasteiger partial charge is 0.443 e. The third kappa shape index (κ3) is 5.21. The zero-order chi connectivity index (χ0) is 16.2. The van der Waals surface area contributed by atoms with Crippen molar-refractivity contribution in [2.24, 2.45) is 5.92 Å². The third-order valence-corrected chi connectivity index (χ3v) is 3.59. The minimum atomic E-state index is -1.08. The molecular weight excluding hydrogens is 280 g/mol. The first-order valence-corrected chi connectivity index (χ1v) is 7.65. The molecule has 1 atom stereocenters. The number of nitrogens with zero attached hydrogens (tertiary/aromatic N) is 1. The van der Waals surface area contributed by atoms with E-state index in [1.807, 2.05) is 0 Å². The van der Waals surface area contributed by atoms with E-state index in [4.69, 9.17) is 4.42 Å². The summed E-state index contributed by atoms with van der Waals surface area (Å²) >= 11 is 0. The Morgan fingerprint density at radius 2 is 2.32 bits per heavy atom. The molecular formula is C17H24N2O3. The zero-order valence-electron chi connectivity index (χ0n) is 13.5. The van der Waals surface area contributed by atoms with Crippen LogP contribution < -0.4 is 5.32 Å². The molecule has 0 spiro atoms. The lowest BCUT2D eigenvalue weighted by molar-refractivity contribution is 0.0908. The molecule has 0 aliphatic carbocycles. The lowest BCUT2D eigenvalue weighted by atomic mass is 9.98. The minimum Gasteiger partial charge on any atom is -0.443 e. The van der Waals surface area contributed by atoms with Gasteiger partial charge in [0, 0.05) is 13.1 Å². The summed E-state index contributed by atoms with van der Waals surface area (Å²) in [6.07, 6.45) is 2.32. The number of amides is 1. The maximum absolute atomic E-state index is 12.1. The first-order valence-electron chi connectivity index (χ1n) is 7.65. The number of aliphatic hydroxyl groups is 1. The lowest BCUT2D eigenvalue weighted by Crippen LogP contribution is -2.39. The number of nitrogens with one attached hydrogen (secondary N) is 1. The van der Waals surface area contributed by atoms with Crippen LogP contribution in [0.2, 0.25) is 0 Å². The van der Waals surface area contributed by atoms with Crippen LogP contribution in [0, 0.1) is 17.8 Å². The van der Waals surface area contributed by atoms with E-state index in [2.05, 4.69) is 29.1 Å². The summed E-state index contributed by atoms with van der Waals surface area (Å²) in [6.45, 7) is 6.00. The molecule has 2 heterocycles. The molecule has 120 valence electrons. The Hall–Kier alpha value is -1.77. The molecule has 1 saturated heterocycles. The van der Waals surface area contributed by atoms with Crippen LogP contribution in [0.4, 0.5) is 0 Å². The van der Waals surface area contributed by atoms with Gasteiger partial charge in [0.2, 0.25) is 0 Å². The van der Waals surface area contributed by atoms with Crippen LogP contribution in [0.15, 0.2) is 16.5 Å². The highest BCUT2D eigenvalue weighted by Crippen LogP contribution is 2.14. The molecule has 2 N–H and O–H groups in total. The summed E-state index contributed by atoms with van der Waals surface area (Å²) in [7, 11) is 2.11. The molecule has 1 aliphatic heterocycles. The quantitative estimate of drug-likeness (QED) is 0.830. The van der Waals surface area contributed by atoms with Gasteiger partial charge in [0.1, 0.15) is 5.60 Å². The second-order valence-corrected chi connectivity index (χ2v) is 6.45. The van der Waals surface area contributed by atoms with Crippen molar-refractivity contribution in [2.45, 2.75) is 32.3 Å². The van der Waals surface area contributed by atoms with Crippen molar-refractivity contribution in [3.63, 3.8) is 0 Å². The van der Waals surface area contributed by atoms with E-state index < -0.39 is 5.60 Å². The van der Waals surface area contributed by atoms with Gasteiger partial charge in [-0.05, 0) is 64.3 Å². The number of rotatable bonds is 3. The average molecular weight is 304 g/mol. The third-order valence-electron chi connectivity index (χ3n) is 3.59. The number of piperidine rings is 1. The maximum atomic E-state index is 12.1. The van der Waals surface area contributed by atoms with Crippen molar-refractivity contribution >= 4 is 5.91 Å². The van der Waals surface area contributed by atoms with Gasteiger partial charge in [-0.15, -0.1) is 0 Å². The van der Waals surface area contributed by atoms with Gasteiger partial charge in [0.15, 0.2) is 11.5 Å². The molecule has 1 fully saturated rings. The van der Waals surface area contributed by atoms with E-state index in [-0.39, 0.29) is 11.7 Å². The van der Waals surface area contributed by atoms with Crippen LogP contribution >= 0.6 is 0 Å². The van der Waals surface area contributed by atoms with Crippen LogP contribution in [0.5, 0.6) is 0 Å². The molecule has 1 amide bonds.